The smallest absolute Gasteiger partial charge is 0.161 e. The maximum Gasteiger partial charge on any atom is 0.161 e. The van der Waals surface area contributed by atoms with Crippen LogP contribution in [0.2, 0.25) is 0 Å². The van der Waals surface area contributed by atoms with E-state index in [1.165, 1.54) is 0 Å². The predicted molar refractivity (Wildman–Crippen MR) is 75.4 cm³/mol. The van der Waals surface area contributed by atoms with Gasteiger partial charge in [0, 0.05) is 6.54 Å². The van der Waals surface area contributed by atoms with E-state index in [0.717, 1.165) is 31.0 Å². The summed E-state index contributed by atoms with van der Waals surface area (Å²) in [6.07, 6.45) is 2.67. The third-order valence-corrected chi connectivity index (χ3v) is 3.18. The summed E-state index contributed by atoms with van der Waals surface area (Å²) in [4.78, 5) is 2.13. The minimum Gasteiger partial charge on any atom is -0.493 e. The number of ether oxygens (including phenoxy) is 1. The van der Waals surface area contributed by atoms with E-state index in [4.69, 9.17) is 16.3 Å². The number of hydrogen-bond acceptors (Lipinski definition) is 3. The summed E-state index contributed by atoms with van der Waals surface area (Å²) in [6.45, 7) is 6.10. The fraction of sp³-hybridized carbons (Fsp3) is 0.769. The van der Waals surface area contributed by atoms with Crippen molar-refractivity contribution in [1.29, 1.82) is 0 Å². The summed E-state index contributed by atoms with van der Waals surface area (Å²) in [7, 11) is 5.76. The molecule has 1 unspecified atom stereocenters. The van der Waals surface area contributed by atoms with Crippen LogP contribution in [0.5, 0.6) is 5.75 Å². The highest BCUT2D eigenvalue weighted by molar-refractivity contribution is 6.20. The second-order valence-electron chi connectivity index (χ2n) is 5.22. The molecule has 0 saturated heterocycles. The average molecular weight is 274 g/mol. The van der Waals surface area contributed by atoms with Gasteiger partial charge in [0.25, 0.3) is 0 Å². The van der Waals surface area contributed by atoms with Gasteiger partial charge in [0.05, 0.1) is 30.9 Å². The molecule has 1 aromatic rings. The highest BCUT2D eigenvalue weighted by atomic mass is 35.5. The number of hydrogen-bond donors (Lipinski definition) is 0. The standard InChI is InChI=1S/C13H24ClN3O/c1-10(2)8-11(14)13-12(18-5)9-15-17(13)7-6-16(3)4/h9-11H,6-8H2,1-5H3. The molecule has 0 aliphatic rings. The predicted octanol–water partition coefficient (Wildman–Crippen LogP) is 2.78. The quantitative estimate of drug-likeness (QED) is 0.716. The van der Waals surface area contributed by atoms with Crippen LogP contribution in [-0.2, 0) is 6.54 Å². The average Bonchev–Trinajstić information content (AvgIpc) is 2.68. The molecule has 104 valence electrons. The molecule has 0 spiro atoms. The molecule has 0 bridgehead atoms. The molecule has 1 aromatic heterocycles. The minimum absolute atomic E-state index is 0.0513. The van der Waals surface area contributed by atoms with Gasteiger partial charge in [-0.05, 0) is 26.4 Å². The van der Waals surface area contributed by atoms with E-state index >= 15 is 0 Å². The van der Waals surface area contributed by atoms with Crippen LogP contribution in [0.15, 0.2) is 6.20 Å². The molecule has 0 aromatic carbocycles. The Morgan fingerprint density at radius 1 is 1.44 bits per heavy atom. The molecule has 0 amide bonds. The fourth-order valence-electron chi connectivity index (χ4n) is 1.85. The lowest BCUT2D eigenvalue weighted by atomic mass is 10.1. The number of nitrogens with zero attached hydrogens (tertiary/aromatic N) is 3. The van der Waals surface area contributed by atoms with Crippen molar-refractivity contribution >= 4 is 11.6 Å². The molecule has 1 heterocycles. The highest BCUT2D eigenvalue weighted by Gasteiger charge is 2.20. The van der Waals surface area contributed by atoms with Gasteiger partial charge in [-0.3, -0.25) is 4.68 Å². The number of halogens is 1. The summed E-state index contributed by atoms with van der Waals surface area (Å²) >= 11 is 6.49. The number of likely N-dealkylation sites (N-methyl/N-ethyl adjacent to an activating group) is 1. The van der Waals surface area contributed by atoms with Crippen molar-refractivity contribution in [3.05, 3.63) is 11.9 Å². The normalized spacial score (nSPS) is 13.3. The van der Waals surface area contributed by atoms with Gasteiger partial charge >= 0.3 is 0 Å². The maximum atomic E-state index is 6.49. The molecule has 0 aliphatic carbocycles. The first-order chi connectivity index (χ1) is 8.45. The Morgan fingerprint density at radius 3 is 2.61 bits per heavy atom. The molecule has 18 heavy (non-hydrogen) atoms. The molecule has 5 heteroatoms. The Labute approximate surface area is 115 Å². The van der Waals surface area contributed by atoms with E-state index in [-0.39, 0.29) is 5.38 Å². The first kappa shape index (κ1) is 15.3. The summed E-state index contributed by atoms with van der Waals surface area (Å²) < 4.78 is 7.31. The topological polar surface area (TPSA) is 30.3 Å². The molecule has 0 aliphatic heterocycles. The van der Waals surface area contributed by atoms with Gasteiger partial charge in [0.2, 0.25) is 0 Å². The van der Waals surface area contributed by atoms with E-state index in [2.05, 4.69) is 23.8 Å². The number of alkyl halides is 1. The second kappa shape index (κ2) is 7.00. The van der Waals surface area contributed by atoms with E-state index in [0.29, 0.717) is 5.92 Å². The maximum absolute atomic E-state index is 6.49. The molecule has 0 fully saturated rings. The van der Waals surface area contributed by atoms with Crippen molar-refractivity contribution in [2.24, 2.45) is 5.92 Å². The Balaban J connectivity index is 2.87. The van der Waals surface area contributed by atoms with Crippen molar-refractivity contribution < 1.29 is 4.74 Å². The zero-order valence-electron chi connectivity index (χ0n) is 12.0. The first-order valence-corrected chi connectivity index (χ1v) is 6.77. The van der Waals surface area contributed by atoms with Gasteiger partial charge in [0.1, 0.15) is 0 Å². The van der Waals surface area contributed by atoms with E-state index < -0.39 is 0 Å². The fourth-order valence-corrected chi connectivity index (χ4v) is 2.43. The minimum atomic E-state index is -0.0513. The third kappa shape index (κ3) is 4.18. The van der Waals surface area contributed by atoms with Gasteiger partial charge < -0.3 is 9.64 Å². The van der Waals surface area contributed by atoms with Crippen LogP contribution in [0.1, 0.15) is 31.3 Å². The van der Waals surface area contributed by atoms with E-state index in [9.17, 15) is 0 Å². The van der Waals surface area contributed by atoms with Crippen molar-refractivity contribution in [3.8, 4) is 5.75 Å². The summed E-state index contributed by atoms with van der Waals surface area (Å²) in [5.41, 5.74) is 0.995. The molecule has 0 radical (unpaired) electrons. The van der Waals surface area contributed by atoms with Gasteiger partial charge in [-0.25, -0.2) is 0 Å². The number of aromatic nitrogens is 2. The van der Waals surface area contributed by atoms with Crippen molar-refractivity contribution in [2.75, 3.05) is 27.7 Å². The van der Waals surface area contributed by atoms with E-state index in [1.807, 2.05) is 18.8 Å². The Bertz CT molecular complexity index is 363. The molecular weight excluding hydrogens is 250 g/mol. The number of rotatable bonds is 7. The lowest BCUT2D eigenvalue weighted by Crippen LogP contribution is -2.20. The summed E-state index contributed by atoms with van der Waals surface area (Å²) in [5.74, 6) is 1.34. The van der Waals surface area contributed by atoms with Gasteiger partial charge in [-0.1, -0.05) is 13.8 Å². The van der Waals surface area contributed by atoms with Crippen LogP contribution in [0.25, 0.3) is 0 Å². The first-order valence-electron chi connectivity index (χ1n) is 6.34. The monoisotopic (exact) mass is 273 g/mol. The van der Waals surface area contributed by atoms with Gasteiger partial charge in [-0.15, -0.1) is 11.6 Å². The molecule has 1 rings (SSSR count). The Kier molecular flexibility index (Phi) is 5.96. The largest absolute Gasteiger partial charge is 0.493 e. The molecule has 4 nitrogen and oxygen atoms in total. The zero-order valence-corrected chi connectivity index (χ0v) is 12.7. The van der Waals surface area contributed by atoms with Crippen molar-refractivity contribution in [1.82, 2.24) is 14.7 Å². The lowest BCUT2D eigenvalue weighted by molar-refractivity contribution is 0.362. The van der Waals surface area contributed by atoms with Crippen LogP contribution in [0, 0.1) is 5.92 Å². The van der Waals surface area contributed by atoms with Crippen LogP contribution in [0.4, 0.5) is 0 Å². The van der Waals surface area contributed by atoms with Gasteiger partial charge in [0.15, 0.2) is 5.75 Å². The molecule has 1 atom stereocenters. The molecule has 0 N–H and O–H groups in total. The van der Waals surface area contributed by atoms with Crippen LogP contribution >= 0.6 is 11.6 Å². The Hall–Kier alpha value is -0.740. The molecular formula is C13H24ClN3O. The summed E-state index contributed by atoms with van der Waals surface area (Å²) in [6, 6.07) is 0. The number of methoxy groups -OCH3 is 1. The second-order valence-corrected chi connectivity index (χ2v) is 5.75. The summed E-state index contributed by atoms with van der Waals surface area (Å²) in [5, 5.41) is 4.32. The SMILES string of the molecule is COc1cnn(CCN(C)C)c1C(Cl)CC(C)C. The lowest BCUT2D eigenvalue weighted by Gasteiger charge is -2.17. The van der Waals surface area contributed by atoms with Crippen LogP contribution in [-0.4, -0.2) is 42.4 Å². The van der Waals surface area contributed by atoms with Crippen molar-refractivity contribution in [3.63, 3.8) is 0 Å². The Morgan fingerprint density at radius 2 is 2.11 bits per heavy atom. The molecule has 0 saturated carbocycles. The van der Waals surface area contributed by atoms with E-state index in [1.54, 1.807) is 13.3 Å². The van der Waals surface area contributed by atoms with Crippen molar-refractivity contribution in [2.45, 2.75) is 32.2 Å². The third-order valence-electron chi connectivity index (χ3n) is 2.80. The zero-order chi connectivity index (χ0) is 13.7. The highest BCUT2D eigenvalue weighted by Crippen LogP contribution is 2.34. The van der Waals surface area contributed by atoms with Crippen LogP contribution < -0.4 is 4.74 Å². The van der Waals surface area contributed by atoms with Gasteiger partial charge in [-0.2, -0.15) is 5.10 Å². The van der Waals surface area contributed by atoms with Crippen LogP contribution in [0.3, 0.4) is 0 Å².